The van der Waals surface area contributed by atoms with Crippen molar-refractivity contribution in [3.05, 3.63) is 46.3 Å². The smallest absolute Gasteiger partial charge is 0.349 e. The Bertz CT molecular complexity index is 736. The minimum absolute atomic E-state index is 0.121. The third-order valence-electron chi connectivity index (χ3n) is 2.98. The lowest BCUT2D eigenvalue weighted by molar-refractivity contribution is -0.122. The van der Waals surface area contributed by atoms with Gasteiger partial charge in [0.25, 0.3) is 5.91 Å². The van der Waals surface area contributed by atoms with Gasteiger partial charge in [-0.2, -0.15) is 0 Å². The summed E-state index contributed by atoms with van der Waals surface area (Å²) in [6.07, 6.45) is 0. The number of benzene rings is 1. The highest BCUT2D eigenvalue weighted by Gasteiger charge is 2.19. The minimum Gasteiger partial charge on any atom is -0.422 e. The number of hydrogen-bond acceptors (Lipinski definition) is 4. The highest BCUT2D eigenvalue weighted by molar-refractivity contribution is 5.99. The molecule has 6 heteroatoms. The summed E-state index contributed by atoms with van der Waals surface area (Å²) in [4.78, 5) is 35.5. The van der Waals surface area contributed by atoms with Crippen molar-refractivity contribution in [3.8, 4) is 0 Å². The number of amides is 2. The highest BCUT2D eigenvalue weighted by Crippen LogP contribution is 2.12. The molecular formula is C15H16N2O4. The first kappa shape index (κ1) is 14.8. The number of para-hydroxylation sites is 1. The number of carbonyl (C=O) groups excluding carboxylic acids is 2. The van der Waals surface area contributed by atoms with E-state index in [4.69, 9.17) is 4.42 Å². The maximum atomic E-state index is 12.1. The molecule has 0 aliphatic carbocycles. The first-order valence-corrected chi connectivity index (χ1v) is 6.64. The molecule has 0 aliphatic rings. The molecule has 2 amide bonds. The second-order valence-corrected chi connectivity index (χ2v) is 4.58. The summed E-state index contributed by atoms with van der Waals surface area (Å²) in [6, 6.07) is 7.63. The largest absolute Gasteiger partial charge is 0.422 e. The van der Waals surface area contributed by atoms with Gasteiger partial charge in [0.1, 0.15) is 17.2 Å². The third-order valence-corrected chi connectivity index (χ3v) is 2.98. The number of carbonyl (C=O) groups is 2. The van der Waals surface area contributed by atoms with Crippen LogP contribution in [-0.4, -0.2) is 24.4 Å². The lowest BCUT2D eigenvalue weighted by Gasteiger charge is -2.12. The SMILES string of the molecule is CCNC(=O)[C@H](C)NC(=O)c1cc2ccccc2oc1=O. The number of rotatable bonds is 4. The van der Waals surface area contributed by atoms with Crippen LogP contribution < -0.4 is 16.3 Å². The van der Waals surface area contributed by atoms with Crippen LogP contribution in [-0.2, 0) is 4.79 Å². The van der Waals surface area contributed by atoms with Gasteiger partial charge < -0.3 is 15.1 Å². The van der Waals surface area contributed by atoms with E-state index in [0.717, 1.165) is 0 Å². The van der Waals surface area contributed by atoms with Gasteiger partial charge in [-0.1, -0.05) is 18.2 Å². The number of fused-ring (bicyclic) bond motifs is 1. The van der Waals surface area contributed by atoms with E-state index in [2.05, 4.69) is 10.6 Å². The molecule has 1 aromatic heterocycles. The van der Waals surface area contributed by atoms with Gasteiger partial charge in [0, 0.05) is 11.9 Å². The van der Waals surface area contributed by atoms with Crippen molar-refractivity contribution in [2.75, 3.05) is 6.54 Å². The zero-order valence-corrected chi connectivity index (χ0v) is 11.8. The van der Waals surface area contributed by atoms with E-state index in [0.29, 0.717) is 17.5 Å². The first-order valence-electron chi connectivity index (χ1n) is 6.64. The Morgan fingerprint density at radius 1 is 1.29 bits per heavy atom. The molecule has 0 fully saturated rings. The highest BCUT2D eigenvalue weighted by atomic mass is 16.4. The molecule has 2 rings (SSSR count). The van der Waals surface area contributed by atoms with Gasteiger partial charge in [-0.25, -0.2) is 4.79 Å². The van der Waals surface area contributed by atoms with Gasteiger partial charge in [-0.05, 0) is 26.0 Å². The van der Waals surface area contributed by atoms with E-state index in [-0.39, 0.29) is 11.5 Å². The molecule has 0 unspecified atom stereocenters. The molecule has 1 atom stereocenters. The quantitative estimate of drug-likeness (QED) is 0.823. The topological polar surface area (TPSA) is 88.4 Å². The van der Waals surface area contributed by atoms with Crippen molar-refractivity contribution in [1.29, 1.82) is 0 Å². The molecule has 6 nitrogen and oxygen atoms in total. The van der Waals surface area contributed by atoms with E-state index in [1.165, 1.54) is 6.07 Å². The Balaban J connectivity index is 2.25. The van der Waals surface area contributed by atoms with Crippen LogP contribution in [0.4, 0.5) is 0 Å². The second-order valence-electron chi connectivity index (χ2n) is 4.58. The summed E-state index contributed by atoms with van der Waals surface area (Å²) in [6.45, 7) is 3.80. The molecule has 0 saturated carbocycles. The molecule has 0 saturated heterocycles. The summed E-state index contributed by atoms with van der Waals surface area (Å²) in [5.74, 6) is -0.940. The Hall–Kier alpha value is -2.63. The molecular weight excluding hydrogens is 272 g/mol. The van der Waals surface area contributed by atoms with Crippen LogP contribution in [0.3, 0.4) is 0 Å². The van der Waals surface area contributed by atoms with Gasteiger partial charge in [0.15, 0.2) is 0 Å². The molecule has 0 radical (unpaired) electrons. The molecule has 0 aliphatic heterocycles. The summed E-state index contributed by atoms with van der Waals surface area (Å²) < 4.78 is 5.09. The van der Waals surface area contributed by atoms with Crippen molar-refractivity contribution >= 4 is 22.8 Å². The summed E-state index contributed by atoms with van der Waals surface area (Å²) in [7, 11) is 0. The Labute approximate surface area is 121 Å². The maximum absolute atomic E-state index is 12.1. The standard InChI is InChI=1S/C15H16N2O4/c1-3-16-13(18)9(2)17-14(19)11-8-10-6-4-5-7-12(10)21-15(11)20/h4-9H,3H2,1-2H3,(H,16,18)(H,17,19)/t9-/m0/s1. The van der Waals surface area contributed by atoms with E-state index in [9.17, 15) is 14.4 Å². The zero-order chi connectivity index (χ0) is 15.4. The van der Waals surface area contributed by atoms with Gasteiger partial charge in [-0.3, -0.25) is 9.59 Å². The minimum atomic E-state index is -0.733. The molecule has 1 heterocycles. The summed E-state index contributed by atoms with van der Waals surface area (Å²) in [5.41, 5.74) is -0.435. The van der Waals surface area contributed by atoms with Crippen LogP contribution in [0.5, 0.6) is 0 Å². The van der Waals surface area contributed by atoms with Crippen molar-refractivity contribution in [1.82, 2.24) is 10.6 Å². The molecule has 2 aromatic rings. The number of hydrogen-bond donors (Lipinski definition) is 2. The van der Waals surface area contributed by atoms with Crippen LogP contribution >= 0.6 is 0 Å². The average molecular weight is 288 g/mol. The van der Waals surface area contributed by atoms with Crippen molar-refractivity contribution in [2.45, 2.75) is 19.9 Å². The Morgan fingerprint density at radius 3 is 2.71 bits per heavy atom. The van der Waals surface area contributed by atoms with E-state index in [1.54, 1.807) is 38.1 Å². The average Bonchev–Trinajstić information content (AvgIpc) is 2.46. The second kappa shape index (κ2) is 6.21. The molecule has 21 heavy (non-hydrogen) atoms. The van der Waals surface area contributed by atoms with Crippen molar-refractivity contribution in [3.63, 3.8) is 0 Å². The maximum Gasteiger partial charge on any atom is 0.349 e. The van der Waals surface area contributed by atoms with Crippen LogP contribution in [0, 0.1) is 0 Å². The fraction of sp³-hybridized carbons (Fsp3) is 0.267. The fourth-order valence-electron chi connectivity index (χ4n) is 1.89. The molecule has 0 bridgehead atoms. The third kappa shape index (κ3) is 3.28. The lowest BCUT2D eigenvalue weighted by Crippen LogP contribution is -2.45. The molecule has 110 valence electrons. The van der Waals surface area contributed by atoms with E-state index < -0.39 is 17.6 Å². The fourth-order valence-corrected chi connectivity index (χ4v) is 1.89. The molecule has 1 aromatic carbocycles. The number of likely N-dealkylation sites (N-methyl/N-ethyl adjacent to an activating group) is 1. The normalized spacial score (nSPS) is 11.9. The predicted octanol–water partition coefficient (Wildman–Crippen LogP) is 1.05. The van der Waals surface area contributed by atoms with Crippen LogP contribution in [0.25, 0.3) is 11.0 Å². The zero-order valence-electron chi connectivity index (χ0n) is 11.8. The Kier molecular flexibility index (Phi) is 4.37. The van der Waals surface area contributed by atoms with Gasteiger partial charge >= 0.3 is 5.63 Å². The van der Waals surface area contributed by atoms with Crippen molar-refractivity contribution < 1.29 is 14.0 Å². The van der Waals surface area contributed by atoms with Crippen LogP contribution in [0.2, 0.25) is 0 Å². The van der Waals surface area contributed by atoms with Gasteiger partial charge in [0.05, 0.1) is 0 Å². The monoisotopic (exact) mass is 288 g/mol. The van der Waals surface area contributed by atoms with Gasteiger partial charge in [0.2, 0.25) is 5.91 Å². The van der Waals surface area contributed by atoms with Crippen LogP contribution in [0.15, 0.2) is 39.5 Å². The summed E-state index contributed by atoms with van der Waals surface area (Å²) in [5, 5.41) is 5.71. The summed E-state index contributed by atoms with van der Waals surface area (Å²) >= 11 is 0. The van der Waals surface area contributed by atoms with Crippen molar-refractivity contribution in [2.24, 2.45) is 0 Å². The Morgan fingerprint density at radius 2 is 2.00 bits per heavy atom. The molecule has 0 spiro atoms. The first-order chi connectivity index (χ1) is 10.0. The van der Waals surface area contributed by atoms with E-state index >= 15 is 0 Å². The van der Waals surface area contributed by atoms with E-state index in [1.807, 2.05) is 0 Å². The predicted molar refractivity (Wildman–Crippen MR) is 78.1 cm³/mol. The van der Waals surface area contributed by atoms with Crippen LogP contribution in [0.1, 0.15) is 24.2 Å². The van der Waals surface area contributed by atoms with Gasteiger partial charge in [-0.15, -0.1) is 0 Å². The lowest BCUT2D eigenvalue weighted by atomic mass is 10.1. The number of nitrogens with one attached hydrogen (secondary N) is 2. The molecule has 2 N–H and O–H groups in total.